The van der Waals surface area contributed by atoms with Crippen LogP contribution >= 0.6 is 0 Å². The number of amides is 1. The van der Waals surface area contributed by atoms with E-state index in [1.54, 1.807) is 13.8 Å². The van der Waals surface area contributed by atoms with E-state index in [0.717, 1.165) is 4.31 Å². The Balaban J connectivity index is 1.85. The monoisotopic (exact) mass is 553 g/mol. The molecule has 0 saturated carbocycles. The zero-order chi connectivity index (χ0) is 27.4. The van der Waals surface area contributed by atoms with Gasteiger partial charge in [0.2, 0.25) is 26.0 Å². The highest BCUT2D eigenvalue weighted by molar-refractivity contribution is 7.89. The van der Waals surface area contributed by atoms with Gasteiger partial charge in [-0.15, -0.1) is 0 Å². The first-order valence-electron chi connectivity index (χ1n) is 11.7. The van der Waals surface area contributed by atoms with Crippen molar-refractivity contribution >= 4 is 37.6 Å². The van der Waals surface area contributed by atoms with Crippen LogP contribution in [0.25, 0.3) is 0 Å². The number of rotatable bonds is 10. The summed E-state index contributed by atoms with van der Waals surface area (Å²) in [6, 6.07) is 10.2. The molecule has 3 rings (SSSR count). The molecule has 0 aliphatic carbocycles. The Bertz CT molecular complexity index is 1320. The fraction of sp³-hybridized carbons (Fsp3) is 0.417. The molecule has 1 N–H and O–H groups in total. The summed E-state index contributed by atoms with van der Waals surface area (Å²) in [5, 5.41) is 2.65. The minimum atomic E-state index is -4.12. The van der Waals surface area contributed by atoms with Crippen LogP contribution in [0.3, 0.4) is 0 Å². The molecule has 0 bridgehead atoms. The normalized spacial score (nSPS) is 18.5. The highest BCUT2D eigenvalue weighted by Gasteiger charge is 2.45. The highest BCUT2D eigenvalue weighted by Crippen LogP contribution is 2.30. The van der Waals surface area contributed by atoms with Crippen molar-refractivity contribution in [3.63, 3.8) is 0 Å². The van der Waals surface area contributed by atoms with Gasteiger partial charge in [0, 0.05) is 32.1 Å². The van der Waals surface area contributed by atoms with Crippen LogP contribution in [0.15, 0.2) is 58.3 Å². The lowest BCUT2D eigenvalue weighted by molar-refractivity contribution is -0.145. The summed E-state index contributed by atoms with van der Waals surface area (Å²) in [4.78, 5) is 24.8. The van der Waals surface area contributed by atoms with E-state index >= 15 is 0 Å². The maximum Gasteiger partial charge on any atom is 0.302 e. The first-order valence-corrected chi connectivity index (χ1v) is 14.6. The molecule has 0 aromatic heterocycles. The summed E-state index contributed by atoms with van der Waals surface area (Å²) in [6.45, 7) is 5.15. The average molecular weight is 554 g/mol. The largest absolute Gasteiger partial charge is 0.497 e. The van der Waals surface area contributed by atoms with Gasteiger partial charge in [0.05, 0.1) is 23.4 Å². The number of anilines is 1. The van der Waals surface area contributed by atoms with Crippen molar-refractivity contribution in [1.82, 2.24) is 8.61 Å². The van der Waals surface area contributed by atoms with E-state index in [-0.39, 0.29) is 22.8 Å². The summed E-state index contributed by atoms with van der Waals surface area (Å²) < 4.78 is 64.8. The van der Waals surface area contributed by atoms with Crippen molar-refractivity contribution in [3.05, 3.63) is 48.5 Å². The Morgan fingerprint density at radius 3 is 2.05 bits per heavy atom. The fourth-order valence-electron chi connectivity index (χ4n) is 4.12. The zero-order valence-electron chi connectivity index (χ0n) is 21.1. The number of carbonyl (C=O) groups excluding carboxylic acids is 2. The Kier molecular flexibility index (Phi) is 8.95. The predicted molar refractivity (Wildman–Crippen MR) is 136 cm³/mol. The van der Waals surface area contributed by atoms with Crippen LogP contribution in [-0.4, -0.2) is 76.2 Å². The zero-order valence-corrected chi connectivity index (χ0v) is 22.7. The van der Waals surface area contributed by atoms with Crippen molar-refractivity contribution in [2.24, 2.45) is 0 Å². The molecule has 0 spiro atoms. The molecule has 1 aliphatic heterocycles. The summed E-state index contributed by atoms with van der Waals surface area (Å²) >= 11 is 0. The third-order valence-electron chi connectivity index (χ3n) is 5.98. The number of benzene rings is 2. The van der Waals surface area contributed by atoms with Gasteiger partial charge in [-0.05, 0) is 48.5 Å². The second kappa shape index (κ2) is 11.6. The van der Waals surface area contributed by atoms with Gasteiger partial charge in [-0.2, -0.15) is 8.61 Å². The maximum absolute atomic E-state index is 13.4. The Labute approximate surface area is 217 Å². The molecule has 1 heterocycles. The third kappa shape index (κ3) is 6.29. The number of ether oxygens (including phenoxy) is 2. The number of sulfonamides is 2. The van der Waals surface area contributed by atoms with Crippen LogP contribution < -0.4 is 10.1 Å². The molecular weight excluding hydrogens is 522 g/mol. The number of carbonyl (C=O) groups is 2. The standard InChI is InChI=1S/C24H31N3O8S2/c1-5-26(6-2)36(30,31)21-11-7-18(8-12-21)25-24(29)23-15-20(35-17(3)28)16-27(23)37(32,33)22-13-9-19(34-4)10-14-22/h7-14,20,23H,5-6,15-16H2,1-4H3,(H,25,29). The van der Waals surface area contributed by atoms with Crippen molar-refractivity contribution in [2.45, 2.75) is 49.1 Å². The van der Waals surface area contributed by atoms with Crippen LogP contribution in [0.2, 0.25) is 0 Å². The molecule has 13 heteroatoms. The predicted octanol–water partition coefficient (Wildman–Crippen LogP) is 2.06. The molecule has 37 heavy (non-hydrogen) atoms. The minimum Gasteiger partial charge on any atom is -0.497 e. The average Bonchev–Trinajstić information content (AvgIpc) is 3.29. The van der Waals surface area contributed by atoms with Gasteiger partial charge in [0.15, 0.2) is 0 Å². The topological polar surface area (TPSA) is 139 Å². The van der Waals surface area contributed by atoms with Crippen molar-refractivity contribution in [3.8, 4) is 5.75 Å². The fourth-order valence-corrected chi connectivity index (χ4v) is 7.21. The van der Waals surface area contributed by atoms with Gasteiger partial charge in [0.1, 0.15) is 17.9 Å². The van der Waals surface area contributed by atoms with Gasteiger partial charge in [-0.25, -0.2) is 16.8 Å². The molecule has 0 radical (unpaired) electrons. The van der Waals surface area contributed by atoms with E-state index in [0.29, 0.717) is 24.5 Å². The van der Waals surface area contributed by atoms with Gasteiger partial charge < -0.3 is 14.8 Å². The summed E-state index contributed by atoms with van der Waals surface area (Å²) in [5.74, 6) is -0.747. The molecule has 1 aliphatic rings. The highest BCUT2D eigenvalue weighted by atomic mass is 32.2. The Morgan fingerprint density at radius 1 is 0.973 bits per heavy atom. The van der Waals surface area contributed by atoms with E-state index in [2.05, 4.69) is 5.32 Å². The molecule has 2 aromatic rings. The molecule has 202 valence electrons. The summed E-state index contributed by atoms with van der Waals surface area (Å²) in [5.41, 5.74) is 0.293. The second-order valence-electron chi connectivity index (χ2n) is 8.34. The first-order chi connectivity index (χ1) is 17.4. The first kappa shape index (κ1) is 28.6. The van der Waals surface area contributed by atoms with Crippen LogP contribution in [0, 0.1) is 0 Å². The maximum atomic E-state index is 13.4. The molecule has 2 unspecified atom stereocenters. The molecule has 1 amide bonds. The number of esters is 1. The minimum absolute atomic E-state index is 0.0325. The van der Waals surface area contributed by atoms with E-state index in [4.69, 9.17) is 9.47 Å². The lowest BCUT2D eigenvalue weighted by atomic mass is 10.2. The molecule has 1 saturated heterocycles. The van der Waals surface area contributed by atoms with Gasteiger partial charge in [0.25, 0.3) is 0 Å². The van der Waals surface area contributed by atoms with Crippen LogP contribution in [-0.2, 0) is 34.4 Å². The Morgan fingerprint density at radius 2 is 1.54 bits per heavy atom. The van der Waals surface area contributed by atoms with Crippen LogP contribution in [0.4, 0.5) is 5.69 Å². The van der Waals surface area contributed by atoms with Gasteiger partial charge in [-0.3, -0.25) is 9.59 Å². The molecule has 2 atom stereocenters. The number of nitrogens with zero attached hydrogens (tertiary/aromatic N) is 2. The number of hydrogen-bond acceptors (Lipinski definition) is 8. The van der Waals surface area contributed by atoms with Gasteiger partial charge in [-0.1, -0.05) is 13.8 Å². The van der Waals surface area contributed by atoms with Crippen LogP contribution in [0.5, 0.6) is 5.75 Å². The lowest BCUT2D eigenvalue weighted by Gasteiger charge is -2.23. The van der Waals surface area contributed by atoms with Gasteiger partial charge >= 0.3 is 5.97 Å². The van der Waals surface area contributed by atoms with Crippen molar-refractivity contribution in [1.29, 1.82) is 0 Å². The molecular formula is C24H31N3O8S2. The third-order valence-corrected chi connectivity index (χ3v) is 9.94. The Hall–Kier alpha value is -3.00. The number of nitrogens with one attached hydrogen (secondary N) is 1. The van der Waals surface area contributed by atoms with Crippen LogP contribution in [0.1, 0.15) is 27.2 Å². The smallest absolute Gasteiger partial charge is 0.302 e. The number of methoxy groups -OCH3 is 1. The number of hydrogen-bond donors (Lipinski definition) is 1. The van der Waals surface area contributed by atoms with Crippen molar-refractivity contribution < 1.29 is 35.9 Å². The SMILES string of the molecule is CCN(CC)S(=O)(=O)c1ccc(NC(=O)C2CC(OC(C)=O)CN2S(=O)(=O)c2ccc(OC)cc2)cc1. The van der Waals surface area contributed by atoms with E-state index in [9.17, 15) is 26.4 Å². The quantitative estimate of drug-likeness (QED) is 0.441. The second-order valence-corrected chi connectivity index (χ2v) is 12.2. The van der Waals surface area contributed by atoms with E-state index in [1.807, 2.05) is 0 Å². The summed E-state index contributed by atoms with van der Waals surface area (Å²) in [7, 11) is -6.33. The summed E-state index contributed by atoms with van der Waals surface area (Å²) in [6.07, 6.45) is -0.835. The van der Waals surface area contributed by atoms with E-state index < -0.39 is 44.1 Å². The molecule has 1 fully saturated rings. The van der Waals surface area contributed by atoms with Crippen molar-refractivity contribution in [2.75, 3.05) is 32.1 Å². The lowest BCUT2D eigenvalue weighted by Crippen LogP contribution is -2.43. The molecule has 2 aromatic carbocycles. The van der Waals surface area contributed by atoms with E-state index in [1.165, 1.54) is 66.9 Å². The molecule has 11 nitrogen and oxygen atoms in total.